The summed E-state index contributed by atoms with van der Waals surface area (Å²) in [6.07, 6.45) is -3.40. The number of nitrogens with one attached hydrogen (secondary N) is 1. The Hall–Kier alpha value is -1.76. The summed E-state index contributed by atoms with van der Waals surface area (Å²) in [4.78, 5) is 6.42. The molecule has 0 aliphatic rings. The maximum atomic E-state index is 13.4. The van der Waals surface area contributed by atoms with Gasteiger partial charge in [-0.2, -0.15) is 13.2 Å². The molecular weight excluding hydrogens is 268 g/mol. The molecule has 0 aliphatic heterocycles. The van der Waals surface area contributed by atoms with E-state index in [1.807, 2.05) is 0 Å². The molecule has 2 aromatic rings. The molecule has 0 atom stereocenters. The topological polar surface area (TPSA) is 28.7 Å². The first-order valence-electron chi connectivity index (χ1n) is 4.80. The van der Waals surface area contributed by atoms with Gasteiger partial charge in [-0.25, -0.2) is 9.37 Å². The van der Waals surface area contributed by atoms with Gasteiger partial charge < -0.3 is 4.98 Å². The quantitative estimate of drug-likeness (QED) is 0.629. The first-order chi connectivity index (χ1) is 8.38. The number of benzene rings is 1. The standard InChI is InChI=1S/C11H6F4N2S/c12-8-3-6(1-2-7(8)11(13,14)15)9-4-10(18)17-5-16-9/h1-5H,(H,16,17,18). The van der Waals surface area contributed by atoms with E-state index in [0.717, 1.165) is 6.07 Å². The SMILES string of the molecule is Fc1cc(-c2cc(=S)nc[nH]2)ccc1C(F)(F)F. The summed E-state index contributed by atoms with van der Waals surface area (Å²) < 4.78 is 50.7. The van der Waals surface area contributed by atoms with Gasteiger partial charge in [0, 0.05) is 11.3 Å². The molecule has 1 aromatic carbocycles. The lowest BCUT2D eigenvalue weighted by molar-refractivity contribution is -0.139. The van der Waals surface area contributed by atoms with Crippen molar-refractivity contribution in [3.05, 3.63) is 46.6 Å². The molecule has 0 aliphatic carbocycles. The van der Waals surface area contributed by atoms with Crippen LogP contribution in [0.2, 0.25) is 0 Å². The fraction of sp³-hybridized carbons (Fsp3) is 0.0909. The van der Waals surface area contributed by atoms with Crippen LogP contribution in [0, 0.1) is 10.5 Å². The van der Waals surface area contributed by atoms with Crippen molar-refractivity contribution < 1.29 is 17.6 Å². The number of hydrogen-bond acceptors (Lipinski definition) is 2. The van der Waals surface area contributed by atoms with Gasteiger partial charge in [-0.3, -0.25) is 0 Å². The van der Waals surface area contributed by atoms with Gasteiger partial charge >= 0.3 is 6.18 Å². The van der Waals surface area contributed by atoms with Crippen LogP contribution in [0.25, 0.3) is 11.3 Å². The van der Waals surface area contributed by atoms with Gasteiger partial charge in [0.2, 0.25) is 0 Å². The molecule has 94 valence electrons. The molecule has 0 fully saturated rings. The highest BCUT2D eigenvalue weighted by atomic mass is 32.1. The molecule has 7 heteroatoms. The van der Waals surface area contributed by atoms with E-state index in [9.17, 15) is 17.6 Å². The fourth-order valence-corrected chi connectivity index (χ4v) is 1.62. The molecule has 0 spiro atoms. The lowest BCUT2D eigenvalue weighted by Crippen LogP contribution is -2.07. The molecule has 0 amide bonds. The van der Waals surface area contributed by atoms with Crippen LogP contribution < -0.4 is 0 Å². The van der Waals surface area contributed by atoms with Crippen LogP contribution in [0.5, 0.6) is 0 Å². The van der Waals surface area contributed by atoms with Gasteiger partial charge in [0.15, 0.2) is 0 Å². The predicted octanol–water partition coefficient (Wildman–Crippen LogP) is 3.96. The molecule has 18 heavy (non-hydrogen) atoms. The predicted molar refractivity (Wildman–Crippen MR) is 59.8 cm³/mol. The van der Waals surface area contributed by atoms with Crippen LogP contribution >= 0.6 is 12.2 Å². The van der Waals surface area contributed by atoms with Crippen LogP contribution in [0.3, 0.4) is 0 Å². The minimum Gasteiger partial charge on any atom is -0.346 e. The molecule has 2 nitrogen and oxygen atoms in total. The van der Waals surface area contributed by atoms with E-state index in [1.54, 1.807) is 0 Å². The summed E-state index contributed by atoms with van der Waals surface area (Å²) in [7, 11) is 0. The van der Waals surface area contributed by atoms with Crippen molar-refractivity contribution in [2.75, 3.05) is 0 Å². The van der Waals surface area contributed by atoms with Gasteiger partial charge in [0.05, 0.1) is 11.9 Å². The first kappa shape index (κ1) is 12.7. The third kappa shape index (κ3) is 2.56. The average molecular weight is 274 g/mol. The Kier molecular flexibility index (Phi) is 3.16. The number of H-pyrrole nitrogens is 1. The molecule has 0 bridgehead atoms. The fourth-order valence-electron chi connectivity index (χ4n) is 1.45. The van der Waals surface area contributed by atoms with E-state index in [4.69, 9.17) is 12.2 Å². The molecule has 0 unspecified atom stereocenters. The molecule has 1 heterocycles. The highest BCUT2D eigenvalue weighted by molar-refractivity contribution is 7.71. The zero-order chi connectivity index (χ0) is 13.3. The monoisotopic (exact) mass is 274 g/mol. The van der Waals surface area contributed by atoms with E-state index in [2.05, 4.69) is 9.97 Å². The Balaban J connectivity index is 2.50. The van der Waals surface area contributed by atoms with Crippen molar-refractivity contribution in [1.29, 1.82) is 0 Å². The van der Waals surface area contributed by atoms with E-state index < -0.39 is 17.6 Å². The Morgan fingerprint density at radius 1 is 1.17 bits per heavy atom. The lowest BCUT2D eigenvalue weighted by Gasteiger charge is -2.09. The van der Waals surface area contributed by atoms with Crippen LogP contribution in [0.4, 0.5) is 17.6 Å². The van der Waals surface area contributed by atoms with E-state index in [1.165, 1.54) is 18.5 Å². The van der Waals surface area contributed by atoms with Gasteiger partial charge in [0.25, 0.3) is 0 Å². The normalized spacial score (nSPS) is 11.6. The second kappa shape index (κ2) is 4.49. The van der Waals surface area contributed by atoms with Gasteiger partial charge in [-0.15, -0.1) is 0 Å². The van der Waals surface area contributed by atoms with Crippen molar-refractivity contribution >= 4 is 12.2 Å². The number of nitrogens with zero attached hydrogens (tertiary/aromatic N) is 1. The summed E-state index contributed by atoms with van der Waals surface area (Å²) in [6, 6.07) is 4.12. The van der Waals surface area contributed by atoms with E-state index in [0.29, 0.717) is 11.8 Å². The number of rotatable bonds is 1. The molecule has 0 radical (unpaired) electrons. The highest BCUT2D eigenvalue weighted by Gasteiger charge is 2.33. The Morgan fingerprint density at radius 2 is 1.89 bits per heavy atom. The first-order valence-corrected chi connectivity index (χ1v) is 5.20. The smallest absolute Gasteiger partial charge is 0.346 e. The molecule has 0 saturated carbocycles. The maximum Gasteiger partial charge on any atom is 0.419 e. The Bertz CT molecular complexity index is 633. The minimum absolute atomic E-state index is 0.268. The Labute approximate surface area is 104 Å². The molecule has 2 rings (SSSR count). The number of aromatic nitrogens is 2. The number of halogens is 4. The largest absolute Gasteiger partial charge is 0.419 e. The van der Waals surface area contributed by atoms with E-state index in [-0.39, 0.29) is 10.2 Å². The second-order valence-corrected chi connectivity index (χ2v) is 3.91. The van der Waals surface area contributed by atoms with Crippen molar-refractivity contribution in [2.45, 2.75) is 6.18 Å². The van der Waals surface area contributed by atoms with Gasteiger partial charge in [0.1, 0.15) is 10.5 Å². The van der Waals surface area contributed by atoms with Crippen molar-refractivity contribution in [2.24, 2.45) is 0 Å². The summed E-state index contributed by atoms with van der Waals surface area (Å²) in [5, 5.41) is 0. The van der Waals surface area contributed by atoms with Gasteiger partial charge in [-0.05, 0) is 18.2 Å². The third-order valence-corrected chi connectivity index (χ3v) is 2.49. The van der Waals surface area contributed by atoms with Crippen LogP contribution in [0.1, 0.15) is 5.56 Å². The highest BCUT2D eigenvalue weighted by Crippen LogP contribution is 2.32. The van der Waals surface area contributed by atoms with E-state index >= 15 is 0 Å². The van der Waals surface area contributed by atoms with Crippen molar-refractivity contribution in [3.63, 3.8) is 0 Å². The average Bonchev–Trinajstić information content (AvgIpc) is 2.27. The lowest BCUT2D eigenvalue weighted by atomic mass is 10.1. The summed E-state index contributed by atoms with van der Waals surface area (Å²) in [6.45, 7) is 0. The van der Waals surface area contributed by atoms with Crippen LogP contribution in [-0.4, -0.2) is 9.97 Å². The summed E-state index contributed by atoms with van der Waals surface area (Å²) in [5.41, 5.74) is -0.615. The third-order valence-electron chi connectivity index (χ3n) is 2.27. The zero-order valence-electron chi connectivity index (χ0n) is 8.75. The summed E-state index contributed by atoms with van der Waals surface area (Å²) in [5.74, 6) is -1.32. The molecule has 1 N–H and O–H groups in total. The van der Waals surface area contributed by atoms with Crippen molar-refractivity contribution in [1.82, 2.24) is 9.97 Å². The van der Waals surface area contributed by atoms with Gasteiger partial charge in [-0.1, -0.05) is 18.3 Å². The molecule has 0 saturated heterocycles. The van der Waals surface area contributed by atoms with Crippen molar-refractivity contribution in [3.8, 4) is 11.3 Å². The number of alkyl halides is 3. The maximum absolute atomic E-state index is 13.4. The second-order valence-electron chi connectivity index (χ2n) is 3.49. The zero-order valence-corrected chi connectivity index (χ0v) is 9.57. The minimum atomic E-state index is -4.70. The van der Waals surface area contributed by atoms with Crippen LogP contribution in [-0.2, 0) is 6.18 Å². The summed E-state index contributed by atoms with van der Waals surface area (Å²) >= 11 is 4.81. The van der Waals surface area contributed by atoms with Crippen LogP contribution in [0.15, 0.2) is 30.6 Å². The number of hydrogen-bond donors (Lipinski definition) is 1. The molecule has 1 aromatic heterocycles. The molecular formula is C11H6F4N2S. The number of aromatic amines is 1. The Morgan fingerprint density at radius 3 is 2.44 bits per heavy atom.